The van der Waals surface area contributed by atoms with E-state index < -0.39 is 0 Å². The fraction of sp³-hybridized carbons (Fsp3) is 0.500. The first-order valence-corrected chi connectivity index (χ1v) is 8.24. The average molecular weight is 283 g/mol. The van der Waals surface area contributed by atoms with Crippen LogP contribution in [-0.2, 0) is 12.8 Å². The van der Waals surface area contributed by atoms with Gasteiger partial charge in [-0.25, -0.2) is 4.98 Å². The van der Waals surface area contributed by atoms with Gasteiger partial charge in [0.15, 0.2) is 0 Å². The maximum atomic E-state index is 4.56. The second-order valence-electron chi connectivity index (χ2n) is 5.88. The van der Waals surface area contributed by atoms with Crippen molar-refractivity contribution in [2.45, 2.75) is 58.4 Å². The second-order valence-corrected chi connectivity index (χ2v) is 5.88. The molecule has 0 unspecified atom stereocenters. The van der Waals surface area contributed by atoms with Crippen molar-refractivity contribution < 1.29 is 0 Å². The van der Waals surface area contributed by atoms with Crippen molar-refractivity contribution in [1.29, 1.82) is 0 Å². The Morgan fingerprint density at radius 2 is 1.81 bits per heavy atom. The van der Waals surface area contributed by atoms with Gasteiger partial charge in [0.2, 0.25) is 5.95 Å². The molecular weight excluding hydrogens is 258 g/mol. The van der Waals surface area contributed by atoms with Crippen LogP contribution in [0.1, 0.15) is 56.7 Å². The van der Waals surface area contributed by atoms with Gasteiger partial charge >= 0.3 is 0 Å². The monoisotopic (exact) mass is 283 g/mol. The number of nitrogens with one attached hydrogen (secondary N) is 1. The molecule has 3 nitrogen and oxygen atoms in total. The predicted molar refractivity (Wildman–Crippen MR) is 88.2 cm³/mol. The Labute approximate surface area is 127 Å². The van der Waals surface area contributed by atoms with Gasteiger partial charge in [-0.15, -0.1) is 0 Å². The molecule has 1 fully saturated rings. The lowest BCUT2D eigenvalue weighted by atomic mass is 10.0. The Morgan fingerprint density at radius 3 is 2.43 bits per heavy atom. The van der Waals surface area contributed by atoms with Crippen molar-refractivity contribution >= 4 is 11.6 Å². The van der Waals surface area contributed by atoms with Gasteiger partial charge in [-0.1, -0.05) is 44.9 Å². The highest BCUT2D eigenvalue weighted by atomic mass is 15.2. The van der Waals surface area contributed by atoms with Gasteiger partial charge in [0.25, 0.3) is 0 Å². The molecule has 0 aliphatic heterocycles. The zero-order valence-corrected chi connectivity index (χ0v) is 13.1. The minimum atomic E-state index is 0.619. The number of hydrogen-bond acceptors (Lipinski definition) is 2. The van der Waals surface area contributed by atoms with E-state index in [2.05, 4.69) is 53.1 Å². The summed E-state index contributed by atoms with van der Waals surface area (Å²) in [6, 6.07) is 7.20. The van der Waals surface area contributed by atoms with Crippen LogP contribution in [0.5, 0.6) is 0 Å². The van der Waals surface area contributed by atoms with E-state index in [-0.39, 0.29) is 0 Å². The van der Waals surface area contributed by atoms with E-state index in [1.807, 2.05) is 6.20 Å². The quantitative estimate of drug-likeness (QED) is 0.848. The van der Waals surface area contributed by atoms with Crippen LogP contribution in [0.3, 0.4) is 0 Å². The Bertz CT molecular complexity index is 572. The maximum Gasteiger partial charge on any atom is 0.207 e. The molecule has 0 saturated heterocycles. The molecule has 0 atom stereocenters. The topological polar surface area (TPSA) is 29.9 Å². The summed E-state index contributed by atoms with van der Waals surface area (Å²) >= 11 is 0. The number of anilines is 2. The minimum Gasteiger partial charge on any atom is -0.325 e. The van der Waals surface area contributed by atoms with Crippen molar-refractivity contribution in [3.63, 3.8) is 0 Å². The van der Waals surface area contributed by atoms with Gasteiger partial charge in [-0.05, 0) is 36.8 Å². The fourth-order valence-corrected chi connectivity index (χ4v) is 3.40. The molecular formula is C18H25N3. The smallest absolute Gasteiger partial charge is 0.207 e. The molecule has 2 aromatic rings. The van der Waals surface area contributed by atoms with Crippen LogP contribution < -0.4 is 5.32 Å². The Morgan fingerprint density at radius 1 is 1.14 bits per heavy atom. The van der Waals surface area contributed by atoms with Gasteiger partial charge in [0.1, 0.15) is 0 Å². The lowest BCUT2D eigenvalue weighted by Gasteiger charge is -2.19. The molecule has 3 heteroatoms. The zero-order valence-electron chi connectivity index (χ0n) is 13.1. The Hall–Kier alpha value is -1.77. The molecule has 0 amide bonds. The van der Waals surface area contributed by atoms with Crippen LogP contribution in [0.4, 0.5) is 11.6 Å². The first-order valence-electron chi connectivity index (χ1n) is 8.24. The molecule has 1 aliphatic carbocycles. The number of aromatic nitrogens is 2. The summed E-state index contributed by atoms with van der Waals surface area (Å²) in [6.45, 7) is 4.42. The summed E-state index contributed by atoms with van der Waals surface area (Å²) in [5, 5.41) is 3.62. The number of rotatable bonds is 5. The van der Waals surface area contributed by atoms with Crippen molar-refractivity contribution in [1.82, 2.24) is 9.55 Å². The van der Waals surface area contributed by atoms with E-state index >= 15 is 0 Å². The van der Waals surface area contributed by atoms with E-state index in [4.69, 9.17) is 0 Å². The first kappa shape index (κ1) is 14.2. The van der Waals surface area contributed by atoms with Crippen LogP contribution in [0.15, 0.2) is 30.6 Å². The van der Waals surface area contributed by atoms with Crippen molar-refractivity contribution in [3.8, 4) is 0 Å². The van der Waals surface area contributed by atoms with Crippen LogP contribution in [0, 0.1) is 0 Å². The predicted octanol–water partition coefficient (Wildman–Crippen LogP) is 4.87. The van der Waals surface area contributed by atoms with Crippen molar-refractivity contribution in [2.75, 3.05) is 5.32 Å². The summed E-state index contributed by atoms with van der Waals surface area (Å²) in [6.07, 6.45) is 11.4. The number of para-hydroxylation sites is 1. The molecule has 1 N–H and O–H groups in total. The second kappa shape index (κ2) is 6.33. The molecule has 1 aromatic heterocycles. The lowest BCUT2D eigenvalue weighted by molar-refractivity contribution is 0.524. The van der Waals surface area contributed by atoms with Crippen LogP contribution in [0.2, 0.25) is 0 Å². The molecule has 1 aliphatic rings. The highest BCUT2D eigenvalue weighted by Crippen LogP contribution is 2.33. The molecule has 1 saturated carbocycles. The number of imidazole rings is 1. The van der Waals surface area contributed by atoms with Gasteiger partial charge < -0.3 is 9.88 Å². The number of nitrogens with zero attached hydrogens (tertiary/aromatic N) is 2. The summed E-state index contributed by atoms with van der Waals surface area (Å²) in [5.74, 6) is 0.998. The Balaban J connectivity index is 1.92. The fourth-order valence-electron chi connectivity index (χ4n) is 3.40. The average Bonchev–Trinajstić information content (AvgIpc) is 3.18. The zero-order chi connectivity index (χ0) is 14.7. The molecule has 1 heterocycles. The third-order valence-electron chi connectivity index (χ3n) is 4.62. The first-order chi connectivity index (χ1) is 10.3. The molecule has 21 heavy (non-hydrogen) atoms. The lowest BCUT2D eigenvalue weighted by Crippen LogP contribution is -2.10. The maximum absolute atomic E-state index is 4.56. The number of hydrogen-bond donors (Lipinski definition) is 1. The molecule has 112 valence electrons. The van der Waals surface area contributed by atoms with Gasteiger partial charge in [0, 0.05) is 24.1 Å². The summed E-state index contributed by atoms with van der Waals surface area (Å²) in [7, 11) is 0. The normalized spacial score (nSPS) is 15.5. The van der Waals surface area contributed by atoms with Crippen LogP contribution in [0.25, 0.3) is 0 Å². The largest absolute Gasteiger partial charge is 0.325 e. The van der Waals surface area contributed by atoms with E-state index in [9.17, 15) is 0 Å². The van der Waals surface area contributed by atoms with Crippen molar-refractivity contribution in [3.05, 3.63) is 41.7 Å². The summed E-state index contributed by atoms with van der Waals surface area (Å²) in [5.41, 5.74) is 4.00. The highest BCUT2D eigenvalue weighted by molar-refractivity contribution is 5.64. The summed E-state index contributed by atoms with van der Waals surface area (Å²) in [4.78, 5) is 4.56. The van der Waals surface area contributed by atoms with E-state index in [0.29, 0.717) is 6.04 Å². The molecule has 0 radical (unpaired) electrons. The van der Waals surface area contributed by atoms with Crippen LogP contribution in [-0.4, -0.2) is 9.55 Å². The SMILES string of the molecule is CCc1cccc(CC)c1Nc1nccn1C1CCCC1. The van der Waals surface area contributed by atoms with Crippen molar-refractivity contribution in [2.24, 2.45) is 0 Å². The van der Waals surface area contributed by atoms with Gasteiger partial charge in [0.05, 0.1) is 0 Å². The molecule has 3 rings (SSSR count). The third-order valence-corrected chi connectivity index (χ3v) is 4.62. The van der Waals surface area contributed by atoms with E-state index in [1.54, 1.807) is 0 Å². The molecule has 0 bridgehead atoms. The standard InChI is InChI=1S/C18H25N3/c1-3-14-8-7-9-15(4-2)17(14)20-18-19-12-13-21(18)16-10-5-6-11-16/h7-9,12-13,16H,3-6,10-11H2,1-2H3,(H,19,20). The highest BCUT2D eigenvalue weighted by Gasteiger charge is 2.20. The van der Waals surface area contributed by atoms with E-state index in [1.165, 1.54) is 42.5 Å². The Kier molecular flexibility index (Phi) is 4.28. The van der Waals surface area contributed by atoms with Crippen LogP contribution >= 0.6 is 0 Å². The van der Waals surface area contributed by atoms with E-state index in [0.717, 1.165) is 18.8 Å². The third kappa shape index (κ3) is 2.82. The molecule has 1 aromatic carbocycles. The minimum absolute atomic E-state index is 0.619. The number of aryl methyl sites for hydroxylation is 2. The summed E-state index contributed by atoms with van der Waals surface area (Å²) < 4.78 is 2.33. The van der Waals surface area contributed by atoms with Gasteiger partial charge in [-0.2, -0.15) is 0 Å². The molecule has 0 spiro atoms. The van der Waals surface area contributed by atoms with Gasteiger partial charge in [-0.3, -0.25) is 0 Å². The number of benzene rings is 1.